The van der Waals surface area contributed by atoms with Gasteiger partial charge >= 0.3 is 0 Å². The molecular formula is C5H7FO. The molecule has 0 radical (unpaired) electrons. The second-order valence-electron chi connectivity index (χ2n) is 1.91. The molecule has 0 aromatic heterocycles. The number of aldehydes is 1. The van der Waals surface area contributed by atoms with Crippen LogP contribution in [-0.4, -0.2) is 12.5 Å². The van der Waals surface area contributed by atoms with Gasteiger partial charge in [0.25, 0.3) is 0 Å². The summed E-state index contributed by atoms with van der Waals surface area (Å²) in [5, 5.41) is 0. The van der Waals surface area contributed by atoms with Crippen LogP contribution in [0.3, 0.4) is 0 Å². The summed E-state index contributed by atoms with van der Waals surface area (Å²) in [7, 11) is 0. The van der Waals surface area contributed by atoms with Gasteiger partial charge in [-0.05, 0) is 12.3 Å². The SMILES string of the molecule is O=CCC1CC1F. The van der Waals surface area contributed by atoms with E-state index in [1.54, 1.807) is 0 Å². The summed E-state index contributed by atoms with van der Waals surface area (Å²) in [4.78, 5) is 9.63. The van der Waals surface area contributed by atoms with Gasteiger partial charge in [0.1, 0.15) is 12.5 Å². The van der Waals surface area contributed by atoms with Crippen molar-refractivity contribution in [3.8, 4) is 0 Å². The third-order valence-corrected chi connectivity index (χ3v) is 1.24. The van der Waals surface area contributed by atoms with E-state index in [0.29, 0.717) is 12.8 Å². The minimum absolute atomic E-state index is 0.0810. The van der Waals surface area contributed by atoms with Crippen LogP contribution in [0.1, 0.15) is 12.8 Å². The zero-order valence-corrected chi connectivity index (χ0v) is 3.93. The van der Waals surface area contributed by atoms with E-state index >= 15 is 0 Å². The molecular weight excluding hydrogens is 95.1 g/mol. The fourth-order valence-electron chi connectivity index (χ4n) is 0.578. The van der Waals surface area contributed by atoms with E-state index in [1.807, 2.05) is 0 Å². The zero-order valence-electron chi connectivity index (χ0n) is 3.93. The van der Waals surface area contributed by atoms with Gasteiger partial charge in [-0.2, -0.15) is 0 Å². The van der Waals surface area contributed by atoms with E-state index in [0.717, 1.165) is 6.29 Å². The topological polar surface area (TPSA) is 17.1 Å². The Kier molecular flexibility index (Phi) is 1.09. The lowest BCUT2D eigenvalue weighted by Crippen LogP contribution is -1.79. The number of carbonyl (C=O) groups excluding carboxylic acids is 1. The normalized spacial score (nSPS) is 37.9. The first kappa shape index (κ1) is 4.75. The van der Waals surface area contributed by atoms with Gasteiger partial charge in [-0.3, -0.25) is 0 Å². The number of halogens is 1. The molecule has 0 saturated heterocycles. The number of carbonyl (C=O) groups is 1. The largest absolute Gasteiger partial charge is 0.303 e. The Morgan fingerprint density at radius 2 is 2.43 bits per heavy atom. The predicted molar refractivity (Wildman–Crippen MR) is 23.7 cm³/mol. The molecule has 1 aliphatic carbocycles. The summed E-state index contributed by atoms with van der Waals surface area (Å²) in [6, 6.07) is 0. The molecule has 1 saturated carbocycles. The first-order chi connectivity index (χ1) is 3.34. The molecule has 0 spiro atoms. The number of rotatable bonds is 2. The molecule has 0 N–H and O–H groups in total. The molecule has 0 heterocycles. The van der Waals surface area contributed by atoms with Crippen LogP contribution in [0, 0.1) is 5.92 Å². The maximum atomic E-state index is 11.8. The molecule has 7 heavy (non-hydrogen) atoms. The molecule has 0 bridgehead atoms. The lowest BCUT2D eigenvalue weighted by Gasteiger charge is -1.76. The van der Waals surface area contributed by atoms with Crippen LogP contribution in [0.5, 0.6) is 0 Å². The van der Waals surface area contributed by atoms with E-state index in [2.05, 4.69) is 0 Å². The Hall–Kier alpha value is -0.400. The molecule has 0 aliphatic heterocycles. The molecule has 0 aromatic rings. The van der Waals surface area contributed by atoms with Crippen molar-refractivity contribution in [3.63, 3.8) is 0 Å². The molecule has 1 aliphatic rings. The Morgan fingerprint density at radius 3 is 2.57 bits per heavy atom. The molecule has 1 nitrogen and oxygen atoms in total. The summed E-state index contributed by atoms with van der Waals surface area (Å²) >= 11 is 0. The quantitative estimate of drug-likeness (QED) is 0.474. The minimum atomic E-state index is -0.662. The van der Waals surface area contributed by atoms with Crippen LogP contribution >= 0.6 is 0 Å². The van der Waals surface area contributed by atoms with Gasteiger partial charge < -0.3 is 4.79 Å². The van der Waals surface area contributed by atoms with Gasteiger partial charge in [-0.25, -0.2) is 4.39 Å². The molecule has 40 valence electrons. The van der Waals surface area contributed by atoms with Gasteiger partial charge in [0.05, 0.1) is 0 Å². The summed E-state index contributed by atoms with van der Waals surface area (Å²) in [5.74, 6) is 0.0810. The van der Waals surface area contributed by atoms with Crippen molar-refractivity contribution in [1.29, 1.82) is 0 Å². The molecule has 1 fully saturated rings. The third kappa shape index (κ3) is 0.981. The first-order valence-corrected chi connectivity index (χ1v) is 2.42. The maximum Gasteiger partial charge on any atom is 0.120 e. The zero-order chi connectivity index (χ0) is 5.28. The van der Waals surface area contributed by atoms with E-state index in [9.17, 15) is 9.18 Å². The highest BCUT2D eigenvalue weighted by atomic mass is 19.1. The Balaban J connectivity index is 2.08. The second kappa shape index (κ2) is 1.60. The summed E-state index contributed by atoms with van der Waals surface area (Å²) in [6.45, 7) is 0. The fraction of sp³-hybridized carbons (Fsp3) is 0.800. The predicted octanol–water partition coefficient (Wildman–Crippen LogP) is 0.933. The summed E-state index contributed by atoms with van der Waals surface area (Å²) < 4.78 is 11.8. The minimum Gasteiger partial charge on any atom is -0.303 e. The highest BCUT2D eigenvalue weighted by Gasteiger charge is 2.36. The molecule has 2 atom stereocenters. The van der Waals surface area contributed by atoms with Gasteiger partial charge in [0.15, 0.2) is 0 Å². The van der Waals surface area contributed by atoms with Crippen molar-refractivity contribution in [3.05, 3.63) is 0 Å². The van der Waals surface area contributed by atoms with Crippen molar-refractivity contribution in [2.45, 2.75) is 19.0 Å². The smallest absolute Gasteiger partial charge is 0.120 e. The monoisotopic (exact) mass is 102 g/mol. The molecule has 2 unspecified atom stereocenters. The van der Waals surface area contributed by atoms with E-state index in [4.69, 9.17) is 0 Å². The maximum absolute atomic E-state index is 11.8. The number of hydrogen-bond donors (Lipinski definition) is 0. The van der Waals surface area contributed by atoms with Crippen LogP contribution in [0.25, 0.3) is 0 Å². The van der Waals surface area contributed by atoms with Crippen molar-refractivity contribution in [2.75, 3.05) is 0 Å². The molecule has 0 aromatic carbocycles. The molecule has 2 heteroatoms. The van der Waals surface area contributed by atoms with Crippen LogP contribution in [0.15, 0.2) is 0 Å². The van der Waals surface area contributed by atoms with Gasteiger partial charge in [-0.1, -0.05) is 0 Å². The van der Waals surface area contributed by atoms with Crippen molar-refractivity contribution in [2.24, 2.45) is 5.92 Å². The van der Waals surface area contributed by atoms with Gasteiger partial charge in [-0.15, -0.1) is 0 Å². The number of hydrogen-bond acceptors (Lipinski definition) is 1. The summed E-state index contributed by atoms with van der Waals surface area (Å²) in [5.41, 5.74) is 0. The fourth-order valence-corrected chi connectivity index (χ4v) is 0.578. The van der Waals surface area contributed by atoms with Crippen LogP contribution in [-0.2, 0) is 4.79 Å². The lowest BCUT2D eigenvalue weighted by atomic mass is 10.3. The highest BCUT2D eigenvalue weighted by molar-refractivity contribution is 5.50. The summed E-state index contributed by atoms with van der Waals surface area (Å²) in [6.07, 6.45) is 1.15. The first-order valence-electron chi connectivity index (χ1n) is 2.42. The third-order valence-electron chi connectivity index (χ3n) is 1.24. The van der Waals surface area contributed by atoms with E-state index in [-0.39, 0.29) is 5.92 Å². The average molecular weight is 102 g/mol. The molecule has 1 rings (SSSR count). The standard InChI is InChI=1S/C5H7FO/c6-5-3-4(5)1-2-7/h2,4-5H,1,3H2. The van der Waals surface area contributed by atoms with E-state index in [1.165, 1.54) is 0 Å². The van der Waals surface area contributed by atoms with E-state index < -0.39 is 6.17 Å². The van der Waals surface area contributed by atoms with Crippen LogP contribution in [0.2, 0.25) is 0 Å². The van der Waals surface area contributed by atoms with Crippen LogP contribution < -0.4 is 0 Å². The lowest BCUT2D eigenvalue weighted by molar-refractivity contribution is -0.108. The second-order valence-corrected chi connectivity index (χ2v) is 1.91. The Bertz CT molecular complexity index is 82.1. The van der Waals surface area contributed by atoms with Crippen molar-refractivity contribution in [1.82, 2.24) is 0 Å². The van der Waals surface area contributed by atoms with Crippen molar-refractivity contribution < 1.29 is 9.18 Å². The molecule has 0 amide bonds. The highest BCUT2D eigenvalue weighted by Crippen LogP contribution is 2.35. The number of alkyl halides is 1. The average Bonchev–Trinajstić information content (AvgIpc) is 2.22. The van der Waals surface area contributed by atoms with Gasteiger partial charge in [0, 0.05) is 6.42 Å². The Morgan fingerprint density at radius 1 is 1.86 bits per heavy atom. The Labute approximate surface area is 41.5 Å². The van der Waals surface area contributed by atoms with Crippen molar-refractivity contribution >= 4 is 6.29 Å². The van der Waals surface area contributed by atoms with Gasteiger partial charge in [0.2, 0.25) is 0 Å². The van der Waals surface area contributed by atoms with Crippen LogP contribution in [0.4, 0.5) is 4.39 Å².